The van der Waals surface area contributed by atoms with E-state index in [4.69, 9.17) is 15.2 Å². The van der Waals surface area contributed by atoms with E-state index in [2.05, 4.69) is 0 Å². The molecule has 0 saturated carbocycles. The Hall–Kier alpha value is -3.35. The van der Waals surface area contributed by atoms with Gasteiger partial charge in [-0.25, -0.2) is 8.78 Å². The maximum absolute atomic E-state index is 13.7. The highest BCUT2D eigenvalue weighted by atomic mass is 19.2. The smallest absolute Gasteiger partial charge is 0.251 e. The van der Waals surface area contributed by atoms with Gasteiger partial charge in [-0.15, -0.1) is 0 Å². The van der Waals surface area contributed by atoms with Gasteiger partial charge in [0.15, 0.2) is 23.1 Å². The summed E-state index contributed by atoms with van der Waals surface area (Å²) in [7, 11) is 0. The summed E-state index contributed by atoms with van der Waals surface area (Å²) in [6.07, 6.45) is 0.613. The molecule has 2 N–H and O–H groups in total. The van der Waals surface area contributed by atoms with Crippen molar-refractivity contribution in [1.29, 1.82) is 0 Å². The highest BCUT2D eigenvalue weighted by Gasteiger charge is 2.25. The Morgan fingerprint density at radius 2 is 1.80 bits per heavy atom. The van der Waals surface area contributed by atoms with Crippen LogP contribution in [0.5, 0.6) is 11.5 Å². The van der Waals surface area contributed by atoms with Gasteiger partial charge in [-0.2, -0.15) is 0 Å². The number of carbonyl (C=O) groups is 1. The first-order valence-corrected chi connectivity index (χ1v) is 9.76. The minimum atomic E-state index is -0.905. The van der Waals surface area contributed by atoms with Crippen LogP contribution in [0.25, 0.3) is 11.1 Å². The van der Waals surface area contributed by atoms with E-state index in [0.29, 0.717) is 48.0 Å². The van der Waals surface area contributed by atoms with E-state index in [1.165, 1.54) is 12.1 Å². The Morgan fingerprint density at radius 3 is 2.47 bits per heavy atom. The minimum absolute atomic E-state index is 0.289. The number of hydrogen-bond acceptors (Lipinski definition) is 3. The molecule has 1 aliphatic heterocycles. The monoisotopic (exact) mass is 412 g/mol. The summed E-state index contributed by atoms with van der Waals surface area (Å²) in [6, 6.07) is 9.33. The first-order valence-electron chi connectivity index (χ1n) is 9.76. The fraction of sp³-hybridized carbons (Fsp3) is 0.261. The summed E-state index contributed by atoms with van der Waals surface area (Å²) in [6.45, 7) is 5.01. The fourth-order valence-corrected chi connectivity index (χ4v) is 4.01. The quantitative estimate of drug-likeness (QED) is 0.682. The Labute approximate surface area is 173 Å². The molecule has 0 fully saturated rings. The Kier molecular flexibility index (Phi) is 5.20. The predicted octanol–water partition coefficient (Wildman–Crippen LogP) is 4.22. The highest BCUT2D eigenvalue weighted by molar-refractivity contribution is 6.02. The van der Waals surface area contributed by atoms with E-state index in [1.807, 2.05) is 29.7 Å². The van der Waals surface area contributed by atoms with Crippen LogP contribution in [0.2, 0.25) is 0 Å². The number of primary amides is 1. The SMILES string of the molecule is CCc1c(-c2ccc3c(c2)OCCO3)c(C(N)=O)c(C)n1Cc1ccc(F)c(F)c1. The van der Waals surface area contributed by atoms with Crippen LogP contribution in [0.4, 0.5) is 8.78 Å². The molecule has 0 unspecified atom stereocenters. The molecule has 1 aromatic heterocycles. The van der Waals surface area contributed by atoms with Crippen LogP contribution in [-0.4, -0.2) is 23.7 Å². The number of amides is 1. The second-order valence-electron chi connectivity index (χ2n) is 7.19. The van der Waals surface area contributed by atoms with Crippen molar-refractivity contribution in [1.82, 2.24) is 4.57 Å². The molecular weight excluding hydrogens is 390 g/mol. The molecule has 0 saturated heterocycles. The average Bonchev–Trinajstić information content (AvgIpc) is 3.02. The van der Waals surface area contributed by atoms with Gasteiger partial charge in [0.1, 0.15) is 13.2 Å². The van der Waals surface area contributed by atoms with E-state index >= 15 is 0 Å². The van der Waals surface area contributed by atoms with Crippen LogP contribution in [0, 0.1) is 18.6 Å². The predicted molar refractivity (Wildman–Crippen MR) is 109 cm³/mol. The molecule has 5 nitrogen and oxygen atoms in total. The van der Waals surface area contributed by atoms with Gasteiger partial charge in [0, 0.05) is 23.5 Å². The second-order valence-corrected chi connectivity index (χ2v) is 7.19. The summed E-state index contributed by atoms with van der Waals surface area (Å²) in [5.74, 6) is -1.08. The highest BCUT2D eigenvalue weighted by Crippen LogP contribution is 2.39. The number of carbonyl (C=O) groups excluding carboxylic acids is 1. The summed E-state index contributed by atoms with van der Waals surface area (Å²) in [5, 5.41) is 0. The van der Waals surface area contributed by atoms with Gasteiger partial charge in [0.2, 0.25) is 0 Å². The molecule has 0 atom stereocenters. The molecular formula is C23H22F2N2O3. The van der Waals surface area contributed by atoms with E-state index in [1.54, 1.807) is 6.92 Å². The van der Waals surface area contributed by atoms with Crippen LogP contribution in [0.15, 0.2) is 36.4 Å². The lowest BCUT2D eigenvalue weighted by Gasteiger charge is -2.19. The van der Waals surface area contributed by atoms with Gasteiger partial charge in [0.05, 0.1) is 5.56 Å². The third-order valence-corrected chi connectivity index (χ3v) is 5.37. The fourth-order valence-electron chi connectivity index (χ4n) is 4.01. The van der Waals surface area contributed by atoms with Crippen LogP contribution < -0.4 is 15.2 Å². The van der Waals surface area contributed by atoms with Crippen molar-refractivity contribution in [3.05, 3.63) is 70.5 Å². The number of rotatable bonds is 5. The van der Waals surface area contributed by atoms with Crippen molar-refractivity contribution < 1.29 is 23.0 Å². The van der Waals surface area contributed by atoms with Crippen LogP contribution in [-0.2, 0) is 13.0 Å². The number of hydrogen-bond donors (Lipinski definition) is 1. The summed E-state index contributed by atoms with van der Waals surface area (Å²) in [4.78, 5) is 12.4. The molecule has 2 heterocycles. The van der Waals surface area contributed by atoms with Crippen LogP contribution in [0.1, 0.15) is 34.2 Å². The second kappa shape index (κ2) is 7.82. The van der Waals surface area contributed by atoms with Crippen molar-refractivity contribution in [2.24, 2.45) is 5.73 Å². The van der Waals surface area contributed by atoms with Crippen molar-refractivity contribution >= 4 is 5.91 Å². The summed E-state index contributed by atoms with van der Waals surface area (Å²) < 4.78 is 40.3. The van der Waals surface area contributed by atoms with Crippen molar-refractivity contribution in [2.45, 2.75) is 26.8 Å². The van der Waals surface area contributed by atoms with Gasteiger partial charge in [-0.1, -0.05) is 19.1 Å². The lowest BCUT2D eigenvalue weighted by molar-refractivity contribution is 0.1000. The molecule has 0 spiro atoms. The summed E-state index contributed by atoms with van der Waals surface area (Å²) in [5.41, 5.74) is 9.81. The topological polar surface area (TPSA) is 66.5 Å². The van der Waals surface area contributed by atoms with Crippen molar-refractivity contribution in [3.63, 3.8) is 0 Å². The van der Waals surface area contributed by atoms with E-state index < -0.39 is 17.5 Å². The third kappa shape index (κ3) is 3.40. The molecule has 0 aliphatic carbocycles. The molecule has 2 aromatic carbocycles. The summed E-state index contributed by atoms with van der Waals surface area (Å²) >= 11 is 0. The largest absolute Gasteiger partial charge is 0.486 e. The molecule has 7 heteroatoms. The van der Waals surface area contributed by atoms with E-state index in [0.717, 1.165) is 22.9 Å². The van der Waals surface area contributed by atoms with E-state index in [-0.39, 0.29) is 6.54 Å². The zero-order valence-electron chi connectivity index (χ0n) is 16.8. The Balaban J connectivity index is 1.87. The first kappa shape index (κ1) is 19.9. The lowest BCUT2D eigenvalue weighted by atomic mass is 9.98. The van der Waals surface area contributed by atoms with Crippen molar-refractivity contribution in [2.75, 3.05) is 13.2 Å². The van der Waals surface area contributed by atoms with Gasteiger partial charge < -0.3 is 19.8 Å². The molecule has 0 radical (unpaired) electrons. The number of aromatic nitrogens is 1. The van der Waals surface area contributed by atoms with Gasteiger partial charge >= 0.3 is 0 Å². The van der Waals surface area contributed by atoms with Gasteiger partial charge in [-0.3, -0.25) is 4.79 Å². The molecule has 4 rings (SSSR count). The number of fused-ring (bicyclic) bond motifs is 1. The van der Waals surface area contributed by atoms with Crippen LogP contribution in [0.3, 0.4) is 0 Å². The van der Waals surface area contributed by atoms with Crippen LogP contribution >= 0.6 is 0 Å². The molecule has 30 heavy (non-hydrogen) atoms. The molecule has 3 aromatic rings. The first-order chi connectivity index (χ1) is 14.4. The number of ether oxygens (including phenoxy) is 2. The standard InChI is InChI=1S/C23H22F2N2O3/c1-3-18-22(15-5-7-19-20(11-15)30-9-8-29-19)21(23(26)28)13(2)27(18)12-14-4-6-16(24)17(25)10-14/h4-7,10-11H,3,8-9,12H2,1-2H3,(H2,26,28). The number of halogens is 2. The number of nitrogens with two attached hydrogens (primary N) is 1. The van der Waals surface area contributed by atoms with Crippen molar-refractivity contribution in [3.8, 4) is 22.6 Å². The molecule has 1 aliphatic rings. The number of nitrogens with zero attached hydrogens (tertiary/aromatic N) is 1. The Bertz CT molecular complexity index is 1140. The lowest BCUT2D eigenvalue weighted by Crippen LogP contribution is -2.15. The van der Waals surface area contributed by atoms with Gasteiger partial charge in [-0.05, 0) is 48.7 Å². The van der Waals surface area contributed by atoms with E-state index in [9.17, 15) is 13.6 Å². The zero-order valence-corrected chi connectivity index (χ0v) is 16.8. The number of benzene rings is 2. The average molecular weight is 412 g/mol. The minimum Gasteiger partial charge on any atom is -0.486 e. The molecule has 1 amide bonds. The van der Waals surface area contributed by atoms with Gasteiger partial charge in [0.25, 0.3) is 5.91 Å². The maximum Gasteiger partial charge on any atom is 0.251 e. The molecule has 0 bridgehead atoms. The zero-order chi connectivity index (χ0) is 21.4. The normalized spacial score (nSPS) is 12.8. The maximum atomic E-state index is 13.7. The third-order valence-electron chi connectivity index (χ3n) is 5.37. The molecule has 156 valence electrons. The Morgan fingerprint density at radius 1 is 1.07 bits per heavy atom.